The van der Waals surface area contributed by atoms with Gasteiger partial charge in [0.15, 0.2) is 0 Å². The summed E-state index contributed by atoms with van der Waals surface area (Å²) in [4.78, 5) is 12.3. The minimum absolute atomic E-state index is 0.118. The molecule has 1 aliphatic rings. The predicted octanol–water partition coefficient (Wildman–Crippen LogP) is 2.99. The average molecular weight is 314 g/mol. The van der Waals surface area contributed by atoms with Gasteiger partial charge in [0, 0.05) is 36.6 Å². The van der Waals surface area contributed by atoms with Crippen molar-refractivity contribution in [3.05, 3.63) is 69.6 Å². The number of thioether (sulfide) groups is 1. The number of nitrogens with zero attached hydrogens (tertiary/aromatic N) is 1. The summed E-state index contributed by atoms with van der Waals surface area (Å²) in [5.74, 6) is 2.23. The lowest BCUT2D eigenvalue weighted by atomic mass is 9.99. The standard InChI is InChI=1S/C18H22N2OS/c1-2-20-10-5-7-15(18(20)21)12-19-17-13-22-11-9-14-6-3-4-8-16(14)17/h3-8,10,17,19H,2,9,11-13H2,1H3. The lowest BCUT2D eigenvalue weighted by Crippen LogP contribution is -2.29. The van der Waals surface area contributed by atoms with Crippen LogP contribution in [0.4, 0.5) is 0 Å². The van der Waals surface area contributed by atoms with Crippen LogP contribution in [0.2, 0.25) is 0 Å². The highest BCUT2D eigenvalue weighted by molar-refractivity contribution is 7.99. The van der Waals surface area contributed by atoms with E-state index in [0.29, 0.717) is 12.6 Å². The van der Waals surface area contributed by atoms with Crippen LogP contribution in [-0.2, 0) is 19.5 Å². The topological polar surface area (TPSA) is 34.0 Å². The molecule has 0 aliphatic carbocycles. The molecule has 1 N–H and O–H groups in total. The second-order valence-corrected chi connectivity index (χ2v) is 6.73. The van der Waals surface area contributed by atoms with Crippen molar-refractivity contribution < 1.29 is 0 Å². The Kier molecular flexibility index (Phi) is 5.01. The lowest BCUT2D eigenvalue weighted by molar-refractivity contribution is 0.572. The molecule has 2 heterocycles. The first-order valence-corrected chi connectivity index (χ1v) is 9.02. The second kappa shape index (κ2) is 7.16. The third-order valence-corrected chi connectivity index (χ3v) is 5.27. The first-order valence-electron chi connectivity index (χ1n) is 7.87. The summed E-state index contributed by atoms with van der Waals surface area (Å²) in [7, 11) is 0. The van der Waals surface area contributed by atoms with Gasteiger partial charge in [0.2, 0.25) is 0 Å². The number of nitrogens with one attached hydrogen (secondary N) is 1. The largest absolute Gasteiger partial charge is 0.316 e. The van der Waals surface area contributed by atoms with E-state index in [1.54, 1.807) is 4.57 Å². The molecule has 1 aromatic heterocycles. The molecule has 4 heteroatoms. The van der Waals surface area contributed by atoms with Crippen LogP contribution in [0.5, 0.6) is 0 Å². The Hall–Kier alpha value is -1.52. The molecule has 0 amide bonds. The number of hydrogen-bond acceptors (Lipinski definition) is 3. The Bertz CT molecular complexity index is 695. The van der Waals surface area contributed by atoms with Crippen molar-refractivity contribution in [2.75, 3.05) is 11.5 Å². The molecule has 1 unspecified atom stereocenters. The highest BCUT2D eigenvalue weighted by Gasteiger charge is 2.18. The molecule has 2 aromatic rings. The van der Waals surface area contributed by atoms with E-state index in [1.165, 1.54) is 16.9 Å². The SMILES string of the molecule is CCn1cccc(CNC2CSCCc3ccccc32)c1=O. The maximum atomic E-state index is 12.3. The summed E-state index contributed by atoms with van der Waals surface area (Å²) < 4.78 is 1.76. The van der Waals surface area contributed by atoms with Gasteiger partial charge < -0.3 is 9.88 Å². The summed E-state index contributed by atoms with van der Waals surface area (Å²) in [6.07, 6.45) is 2.98. The van der Waals surface area contributed by atoms with Gasteiger partial charge in [-0.3, -0.25) is 4.79 Å². The quantitative estimate of drug-likeness (QED) is 0.942. The van der Waals surface area contributed by atoms with Gasteiger partial charge in [-0.05, 0) is 36.3 Å². The fourth-order valence-corrected chi connectivity index (χ4v) is 4.01. The van der Waals surface area contributed by atoms with E-state index in [0.717, 1.165) is 24.3 Å². The first-order chi connectivity index (χ1) is 10.8. The van der Waals surface area contributed by atoms with Crippen molar-refractivity contribution in [3.63, 3.8) is 0 Å². The summed E-state index contributed by atoms with van der Waals surface area (Å²) in [6, 6.07) is 12.9. The fourth-order valence-electron chi connectivity index (χ4n) is 2.95. The minimum atomic E-state index is 0.118. The number of fused-ring (bicyclic) bond motifs is 1. The van der Waals surface area contributed by atoms with Gasteiger partial charge >= 0.3 is 0 Å². The third-order valence-electron chi connectivity index (χ3n) is 4.21. The van der Waals surface area contributed by atoms with Crippen LogP contribution in [0.15, 0.2) is 47.4 Å². The van der Waals surface area contributed by atoms with Crippen molar-refractivity contribution >= 4 is 11.8 Å². The summed E-state index contributed by atoms with van der Waals surface area (Å²) in [5, 5.41) is 3.59. The molecule has 0 saturated heterocycles. The molecule has 0 spiro atoms. The Morgan fingerprint density at radius 3 is 3.00 bits per heavy atom. The predicted molar refractivity (Wildman–Crippen MR) is 93.4 cm³/mol. The maximum absolute atomic E-state index is 12.3. The van der Waals surface area contributed by atoms with Crippen molar-refractivity contribution in [3.8, 4) is 0 Å². The van der Waals surface area contributed by atoms with Crippen molar-refractivity contribution in [1.82, 2.24) is 9.88 Å². The Labute approximate surface area is 135 Å². The molecular formula is C18H22N2OS. The van der Waals surface area contributed by atoms with Gasteiger partial charge in [0.05, 0.1) is 0 Å². The molecule has 1 aliphatic heterocycles. The third kappa shape index (κ3) is 3.28. The van der Waals surface area contributed by atoms with Crippen LogP contribution >= 0.6 is 11.8 Å². The molecule has 3 rings (SSSR count). The molecule has 22 heavy (non-hydrogen) atoms. The first kappa shape index (κ1) is 15.4. The fraction of sp³-hybridized carbons (Fsp3) is 0.389. The van der Waals surface area contributed by atoms with E-state index in [9.17, 15) is 4.79 Å². The second-order valence-electron chi connectivity index (χ2n) is 5.58. The van der Waals surface area contributed by atoms with Gasteiger partial charge in [-0.1, -0.05) is 30.3 Å². The number of benzene rings is 1. The molecule has 0 radical (unpaired) electrons. The monoisotopic (exact) mass is 314 g/mol. The van der Waals surface area contributed by atoms with Gasteiger partial charge in [-0.15, -0.1) is 0 Å². The highest BCUT2D eigenvalue weighted by atomic mass is 32.2. The molecule has 0 bridgehead atoms. The van der Waals surface area contributed by atoms with Crippen LogP contribution < -0.4 is 10.9 Å². The summed E-state index contributed by atoms with van der Waals surface area (Å²) >= 11 is 1.98. The van der Waals surface area contributed by atoms with E-state index in [1.807, 2.05) is 37.0 Å². The molecular weight excluding hydrogens is 292 g/mol. The maximum Gasteiger partial charge on any atom is 0.255 e. The Morgan fingerprint density at radius 2 is 2.14 bits per heavy atom. The van der Waals surface area contributed by atoms with E-state index in [2.05, 4.69) is 29.6 Å². The van der Waals surface area contributed by atoms with Crippen LogP contribution in [0.1, 0.15) is 29.7 Å². The zero-order valence-corrected chi connectivity index (χ0v) is 13.7. The van der Waals surface area contributed by atoms with Gasteiger partial charge in [0.1, 0.15) is 0 Å². The van der Waals surface area contributed by atoms with Crippen LogP contribution in [0.25, 0.3) is 0 Å². The van der Waals surface area contributed by atoms with Crippen LogP contribution in [0, 0.1) is 0 Å². The van der Waals surface area contributed by atoms with Gasteiger partial charge in [-0.2, -0.15) is 11.8 Å². The van der Waals surface area contributed by atoms with Crippen LogP contribution in [-0.4, -0.2) is 16.1 Å². The minimum Gasteiger partial charge on any atom is -0.316 e. The molecule has 3 nitrogen and oxygen atoms in total. The molecule has 0 saturated carbocycles. The van der Waals surface area contributed by atoms with Crippen LogP contribution in [0.3, 0.4) is 0 Å². The van der Waals surface area contributed by atoms with Gasteiger partial charge in [0.25, 0.3) is 5.56 Å². The number of pyridine rings is 1. The Morgan fingerprint density at radius 1 is 1.27 bits per heavy atom. The van der Waals surface area contributed by atoms with Crippen molar-refractivity contribution in [2.45, 2.75) is 32.5 Å². The molecule has 116 valence electrons. The lowest BCUT2D eigenvalue weighted by Gasteiger charge is -2.19. The van der Waals surface area contributed by atoms with E-state index in [-0.39, 0.29) is 5.56 Å². The summed E-state index contributed by atoms with van der Waals surface area (Å²) in [5.41, 5.74) is 3.78. The zero-order valence-electron chi connectivity index (χ0n) is 12.9. The molecule has 1 atom stereocenters. The number of aryl methyl sites for hydroxylation is 2. The number of rotatable bonds is 4. The zero-order chi connectivity index (χ0) is 15.4. The molecule has 1 aromatic carbocycles. The smallest absolute Gasteiger partial charge is 0.255 e. The molecule has 0 fully saturated rings. The number of aromatic nitrogens is 1. The highest BCUT2D eigenvalue weighted by Crippen LogP contribution is 2.27. The number of hydrogen-bond donors (Lipinski definition) is 1. The normalized spacial score (nSPS) is 17.8. The van der Waals surface area contributed by atoms with E-state index < -0.39 is 0 Å². The summed E-state index contributed by atoms with van der Waals surface area (Å²) in [6.45, 7) is 3.34. The van der Waals surface area contributed by atoms with Crippen molar-refractivity contribution in [1.29, 1.82) is 0 Å². The van der Waals surface area contributed by atoms with E-state index >= 15 is 0 Å². The van der Waals surface area contributed by atoms with Crippen molar-refractivity contribution in [2.24, 2.45) is 0 Å². The average Bonchev–Trinajstić information content (AvgIpc) is 2.76. The Balaban J connectivity index is 1.78. The van der Waals surface area contributed by atoms with Gasteiger partial charge in [-0.25, -0.2) is 0 Å². The van der Waals surface area contributed by atoms with E-state index in [4.69, 9.17) is 0 Å².